The number of nitrogens with zero attached hydrogens (tertiary/aromatic N) is 1. The third-order valence-corrected chi connectivity index (χ3v) is 7.18. The Kier molecular flexibility index (Phi) is 6.00. The molecule has 0 aromatic heterocycles. The lowest BCUT2D eigenvalue weighted by molar-refractivity contribution is -0.151. The Hall–Kier alpha value is -3.39. The van der Waals surface area contributed by atoms with Crippen LogP contribution in [0, 0.1) is 5.92 Å². The average Bonchev–Trinajstić information content (AvgIpc) is 3.52. The van der Waals surface area contributed by atoms with Crippen LogP contribution in [0.2, 0.25) is 0 Å². The van der Waals surface area contributed by atoms with Gasteiger partial charge in [-0.3, -0.25) is 4.79 Å². The standard InChI is InChI=1S/C26H28N2O6/c1-15(24(29)28-21-10-11-33-23(21)12-22(28)25(30)31)13-27-26(32)34-14-20-18-8-4-2-6-16(18)17-7-3-5-9-19(17)20/h2-9,15,20-23H,10-14H2,1H3,(H,27,32)(H,30,31)/t15?,21-,22?,23-/m0/s1. The molecule has 8 nitrogen and oxygen atoms in total. The van der Waals surface area contributed by atoms with Crippen molar-refractivity contribution in [3.8, 4) is 11.1 Å². The Labute approximate surface area is 197 Å². The highest BCUT2D eigenvalue weighted by atomic mass is 16.5. The third-order valence-electron chi connectivity index (χ3n) is 7.18. The zero-order valence-electron chi connectivity index (χ0n) is 19.0. The van der Waals surface area contributed by atoms with Gasteiger partial charge in [0, 0.05) is 25.5 Å². The zero-order valence-corrected chi connectivity index (χ0v) is 19.0. The second kappa shape index (κ2) is 9.10. The number of carbonyl (C=O) groups is 3. The first-order valence-corrected chi connectivity index (χ1v) is 11.7. The minimum atomic E-state index is -1.02. The molecule has 0 saturated carbocycles. The molecule has 2 aliphatic heterocycles. The van der Waals surface area contributed by atoms with Crippen molar-refractivity contribution in [1.82, 2.24) is 10.2 Å². The highest BCUT2D eigenvalue weighted by molar-refractivity contribution is 5.86. The number of ether oxygens (including phenoxy) is 2. The van der Waals surface area contributed by atoms with Crippen LogP contribution in [-0.4, -0.2) is 65.9 Å². The second-order valence-corrected chi connectivity index (χ2v) is 9.21. The third kappa shape index (κ3) is 3.92. The lowest BCUT2D eigenvalue weighted by Gasteiger charge is -2.29. The van der Waals surface area contributed by atoms with Crippen LogP contribution in [0.3, 0.4) is 0 Å². The summed E-state index contributed by atoms with van der Waals surface area (Å²) in [6.07, 6.45) is 0.109. The topological polar surface area (TPSA) is 105 Å². The maximum Gasteiger partial charge on any atom is 0.407 e. The fraction of sp³-hybridized carbons (Fsp3) is 0.423. The highest BCUT2D eigenvalue weighted by Crippen LogP contribution is 2.44. The molecule has 2 N–H and O–H groups in total. The number of hydrogen-bond acceptors (Lipinski definition) is 5. The first-order valence-electron chi connectivity index (χ1n) is 11.7. The number of fused-ring (bicyclic) bond motifs is 4. The van der Waals surface area contributed by atoms with E-state index in [9.17, 15) is 19.5 Å². The van der Waals surface area contributed by atoms with Gasteiger partial charge in [0.2, 0.25) is 5.91 Å². The van der Waals surface area contributed by atoms with Crippen molar-refractivity contribution in [2.45, 2.75) is 43.9 Å². The molecule has 2 aromatic carbocycles. The predicted octanol–water partition coefficient (Wildman–Crippen LogP) is 3.00. The first-order chi connectivity index (χ1) is 16.5. The summed E-state index contributed by atoms with van der Waals surface area (Å²) in [5.74, 6) is -1.94. The fourth-order valence-corrected chi connectivity index (χ4v) is 5.51. The van der Waals surface area contributed by atoms with E-state index in [2.05, 4.69) is 29.6 Å². The minimum Gasteiger partial charge on any atom is -0.480 e. The van der Waals surface area contributed by atoms with Gasteiger partial charge in [-0.1, -0.05) is 55.5 Å². The van der Waals surface area contributed by atoms with Gasteiger partial charge in [-0.05, 0) is 28.7 Å². The molecule has 0 radical (unpaired) electrons. The Morgan fingerprint density at radius 3 is 2.41 bits per heavy atom. The van der Waals surface area contributed by atoms with Crippen molar-refractivity contribution in [1.29, 1.82) is 0 Å². The number of alkyl carbamates (subject to hydrolysis) is 1. The zero-order chi connectivity index (χ0) is 23.8. The summed E-state index contributed by atoms with van der Waals surface area (Å²) in [6.45, 7) is 2.47. The largest absolute Gasteiger partial charge is 0.480 e. The van der Waals surface area contributed by atoms with Crippen LogP contribution >= 0.6 is 0 Å². The number of benzene rings is 2. The molecule has 2 unspecified atom stereocenters. The molecule has 178 valence electrons. The van der Waals surface area contributed by atoms with Gasteiger partial charge in [-0.2, -0.15) is 0 Å². The van der Waals surface area contributed by atoms with E-state index in [-0.39, 0.29) is 37.1 Å². The van der Waals surface area contributed by atoms with Crippen LogP contribution in [-0.2, 0) is 19.1 Å². The van der Waals surface area contributed by atoms with Crippen molar-refractivity contribution >= 4 is 18.0 Å². The Bertz CT molecular complexity index is 1070. The molecular weight excluding hydrogens is 436 g/mol. The van der Waals surface area contributed by atoms with E-state index in [1.54, 1.807) is 6.92 Å². The second-order valence-electron chi connectivity index (χ2n) is 9.21. The van der Waals surface area contributed by atoms with Gasteiger partial charge in [-0.25, -0.2) is 9.59 Å². The lowest BCUT2D eigenvalue weighted by atomic mass is 9.98. The van der Waals surface area contributed by atoms with Gasteiger partial charge in [-0.15, -0.1) is 0 Å². The number of rotatable bonds is 6. The molecule has 0 spiro atoms. The molecule has 34 heavy (non-hydrogen) atoms. The van der Waals surface area contributed by atoms with E-state index in [4.69, 9.17) is 9.47 Å². The first kappa shape index (κ1) is 22.4. The summed E-state index contributed by atoms with van der Waals surface area (Å²) in [5.41, 5.74) is 4.56. The monoisotopic (exact) mass is 464 g/mol. The molecule has 2 aromatic rings. The van der Waals surface area contributed by atoms with Crippen LogP contribution < -0.4 is 5.32 Å². The molecule has 2 amide bonds. The maximum atomic E-state index is 13.1. The minimum absolute atomic E-state index is 0.0440. The summed E-state index contributed by atoms with van der Waals surface area (Å²) in [7, 11) is 0. The summed E-state index contributed by atoms with van der Waals surface area (Å²) in [4.78, 5) is 38.7. The number of carbonyl (C=O) groups excluding carboxylic acids is 2. The van der Waals surface area contributed by atoms with Crippen LogP contribution in [0.1, 0.15) is 36.8 Å². The molecule has 8 heteroatoms. The maximum absolute atomic E-state index is 13.1. The smallest absolute Gasteiger partial charge is 0.407 e. The van der Waals surface area contributed by atoms with Gasteiger partial charge in [0.15, 0.2) is 0 Å². The van der Waals surface area contributed by atoms with Gasteiger partial charge >= 0.3 is 12.1 Å². The molecular formula is C26H28N2O6. The van der Waals surface area contributed by atoms with Gasteiger partial charge in [0.05, 0.1) is 18.1 Å². The molecule has 4 atom stereocenters. The Morgan fingerprint density at radius 2 is 1.76 bits per heavy atom. The van der Waals surface area contributed by atoms with Crippen LogP contribution in [0.4, 0.5) is 4.79 Å². The number of likely N-dealkylation sites (tertiary alicyclic amines) is 1. The van der Waals surface area contributed by atoms with Gasteiger partial charge in [0.25, 0.3) is 0 Å². The Balaban J connectivity index is 1.18. The summed E-state index contributed by atoms with van der Waals surface area (Å²) in [6, 6.07) is 15.1. The average molecular weight is 465 g/mol. The van der Waals surface area contributed by atoms with E-state index in [1.165, 1.54) is 4.90 Å². The molecule has 5 rings (SSSR count). The van der Waals surface area contributed by atoms with Crippen molar-refractivity contribution in [3.05, 3.63) is 59.7 Å². The van der Waals surface area contributed by atoms with Gasteiger partial charge < -0.3 is 24.8 Å². The molecule has 2 fully saturated rings. The van der Waals surface area contributed by atoms with Crippen LogP contribution in [0.25, 0.3) is 11.1 Å². The summed E-state index contributed by atoms with van der Waals surface area (Å²) >= 11 is 0. The molecule has 2 heterocycles. The number of carboxylic acids is 1. The van der Waals surface area contributed by atoms with Crippen molar-refractivity contribution in [2.75, 3.05) is 19.8 Å². The number of carboxylic acid groups (broad SMARTS) is 1. The van der Waals surface area contributed by atoms with Crippen molar-refractivity contribution < 1.29 is 29.0 Å². The van der Waals surface area contributed by atoms with E-state index in [1.807, 2.05) is 24.3 Å². The highest BCUT2D eigenvalue weighted by Gasteiger charge is 2.50. The fourth-order valence-electron chi connectivity index (χ4n) is 5.51. The Morgan fingerprint density at radius 1 is 1.12 bits per heavy atom. The number of amides is 2. The van der Waals surface area contributed by atoms with Crippen molar-refractivity contribution in [2.24, 2.45) is 5.92 Å². The van der Waals surface area contributed by atoms with E-state index in [0.29, 0.717) is 19.4 Å². The number of aliphatic carboxylic acids is 1. The number of nitrogens with one attached hydrogen (secondary N) is 1. The van der Waals surface area contributed by atoms with Gasteiger partial charge in [0.1, 0.15) is 12.6 Å². The molecule has 1 aliphatic carbocycles. The summed E-state index contributed by atoms with van der Waals surface area (Å²) in [5, 5.41) is 12.2. The summed E-state index contributed by atoms with van der Waals surface area (Å²) < 4.78 is 11.1. The quantitative estimate of drug-likeness (QED) is 0.681. The van der Waals surface area contributed by atoms with Crippen LogP contribution in [0.5, 0.6) is 0 Å². The number of hydrogen-bond donors (Lipinski definition) is 2. The molecule has 0 bridgehead atoms. The van der Waals surface area contributed by atoms with E-state index in [0.717, 1.165) is 22.3 Å². The predicted molar refractivity (Wildman–Crippen MR) is 123 cm³/mol. The lowest BCUT2D eigenvalue weighted by Crippen LogP contribution is -2.49. The van der Waals surface area contributed by atoms with Crippen LogP contribution in [0.15, 0.2) is 48.5 Å². The molecule has 3 aliphatic rings. The SMILES string of the molecule is CC(CNC(=O)OCC1c2ccccc2-c2ccccc21)C(=O)N1C(C(=O)O)C[C@@H]2OCC[C@@H]21. The normalized spacial score (nSPS) is 23.7. The van der Waals surface area contributed by atoms with E-state index >= 15 is 0 Å². The van der Waals surface area contributed by atoms with E-state index < -0.39 is 24.0 Å². The van der Waals surface area contributed by atoms with Crippen molar-refractivity contribution in [3.63, 3.8) is 0 Å². The molecule has 2 saturated heterocycles.